The number of hydrogen-bond donors (Lipinski definition) is 1. The van der Waals surface area contributed by atoms with E-state index in [2.05, 4.69) is 0 Å². The van der Waals surface area contributed by atoms with Crippen LogP contribution in [0.5, 0.6) is 11.6 Å². The molecule has 0 aliphatic heterocycles. The molecule has 2 aromatic carbocycles. The first-order valence-corrected chi connectivity index (χ1v) is 7.65. The number of rotatable bonds is 3. The Balaban J connectivity index is 2.03. The molecule has 0 atom stereocenters. The van der Waals surface area contributed by atoms with Crippen LogP contribution in [0, 0.1) is 0 Å². The minimum Gasteiger partial charge on any atom is -0.440 e. The second kappa shape index (κ2) is 6.67. The Labute approximate surface area is 150 Å². The molecule has 0 saturated heterocycles. The standard InChI is InChI=1S/C18H13F3N2O4/c1-22-16(10-15(24)23(26)17(22)25)27-14-5-3-2-4-13(14)11-6-8-12(9-7-11)18(19,20)21/h2-10,26H,1H3. The first kappa shape index (κ1) is 18.3. The summed E-state index contributed by atoms with van der Waals surface area (Å²) in [5, 5.41) is 9.33. The van der Waals surface area contributed by atoms with E-state index in [1.165, 1.54) is 19.2 Å². The highest BCUT2D eigenvalue weighted by atomic mass is 19.4. The lowest BCUT2D eigenvalue weighted by Gasteiger charge is -2.14. The summed E-state index contributed by atoms with van der Waals surface area (Å²) in [6.07, 6.45) is -4.44. The Morgan fingerprint density at radius 1 is 1.00 bits per heavy atom. The molecule has 27 heavy (non-hydrogen) atoms. The third-order valence-electron chi connectivity index (χ3n) is 3.88. The molecule has 0 unspecified atom stereocenters. The second-order valence-corrected chi connectivity index (χ2v) is 5.65. The lowest BCUT2D eigenvalue weighted by Crippen LogP contribution is -2.37. The Morgan fingerprint density at radius 2 is 1.63 bits per heavy atom. The van der Waals surface area contributed by atoms with Gasteiger partial charge in [-0.05, 0) is 23.8 Å². The van der Waals surface area contributed by atoms with Gasteiger partial charge in [0.1, 0.15) is 5.75 Å². The van der Waals surface area contributed by atoms with Crippen molar-refractivity contribution in [3.05, 3.63) is 81.0 Å². The second-order valence-electron chi connectivity index (χ2n) is 5.65. The normalized spacial score (nSPS) is 11.4. The van der Waals surface area contributed by atoms with E-state index in [4.69, 9.17) is 4.74 Å². The van der Waals surface area contributed by atoms with Gasteiger partial charge in [0.05, 0.1) is 11.6 Å². The van der Waals surface area contributed by atoms with Crippen molar-refractivity contribution in [2.75, 3.05) is 0 Å². The average molecular weight is 378 g/mol. The molecule has 0 fully saturated rings. The molecular weight excluding hydrogens is 365 g/mol. The van der Waals surface area contributed by atoms with Crippen LogP contribution < -0.4 is 16.0 Å². The van der Waals surface area contributed by atoms with Gasteiger partial charge >= 0.3 is 11.9 Å². The Kier molecular flexibility index (Phi) is 4.52. The van der Waals surface area contributed by atoms with Crippen molar-refractivity contribution in [3.8, 4) is 22.8 Å². The Morgan fingerprint density at radius 3 is 2.26 bits per heavy atom. The van der Waals surface area contributed by atoms with Gasteiger partial charge in [-0.3, -0.25) is 9.36 Å². The molecule has 1 heterocycles. The molecule has 9 heteroatoms. The zero-order valence-corrected chi connectivity index (χ0v) is 13.9. The molecule has 3 aromatic rings. The SMILES string of the molecule is Cn1c(Oc2ccccc2-c2ccc(C(F)(F)F)cc2)cc(=O)n(O)c1=O. The fourth-order valence-electron chi connectivity index (χ4n) is 2.44. The first-order valence-electron chi connectivity index (χ1n) is 7.65. The van der Waals surface area contributed by atoms with Crippen LogP contribution in [0.4, 0.5) is 13.2 Å². The minimum absolute atomic E-state index is 0.0609. The molecule has 0 aliphatic carbocycles. The number of aromatic nitrogens is 2. The molecule has 0 amide bonds. The zero-order chi connectivity index (χ0) is 19.8. The van der Waals surface area contributed by atoms with Crippen molar-refractivity contribution in [1.29, 1.82) is 0 Å². The molecule has 1 aromatic heterocycles. The summed E-state index contributed by atoms with van der Waals surface area (Å²) in [4.78, 5) is 23.4. The molecule has 3 rings (SSSR count). The fraction of sp³-hybridized carbons (Fsp3) is 0.111. The number of para-hydroxylation sites is 1. The van der Waals surface area contributed by atoms with Gasteiger partial charge in [-0.2, -0.15) is 13.2 Å². The summed E-state index contributed by atoms with van der Waals surface area (Å²) in [6.45, 7) is 0. The van der Waals surface area contributed by atoms with Crippen LogP contribution in [-0.4, -0.2) is 14.5 Å². The highest BCUT2D eigenvalue weighted by Crippen LogP contribution is 2.35. The van der Waals surface area contributed by atoms with E-state index in [1.54, 1.807) is 24.3 Å². The van der Waals surface area contributed by atoms with E-state index in [0.717, 1.165) is 22.8 Å². The zero-order valence-electron chi connectivity index (χ0n) is 13.9. The molecule has 0 saturated carbocycles. The summed E-state index contributed by atoms with van der Waals surface area (Å²) < 4.78 is 44.7. The molecule has 140 valence electrons. The van der Waals surface area contributed by atoms with Crippen molar-refractivity contribution in [2.45, 2.75) is 6.18 Å². The summed E-state index contributed by atoms with van der Waals surface area (Å²) in [7, 11) is 1.30. The first-order chi connectivity index (χ1) is 12.7. The number of nitrogens with zero attached hydrogens (tertiary/aromatic N) is 2. The van der Waals surface area contributed by atoms with E-state index >= 15 is 0 Å². The maximum atomic E-state index is 12.7. The summed E-state index contributed by atoms with van der Waals surface area (Å²) >= 11 is 0. The van der Waals surface area contributed by atoms with Crippen LogP contribution >= 0.6 is 0 Å². The van der Waals surface area contributed by atoms with Crippen molar-refractivity contribution >= 4 is 0 Å². The van der Waals surface area contributed by atoms with Crippen molar-refractivity contribution in [1.82, 2.24) is 9.30 Å². The van der Waals surface area contributed by atoms with Crippen molar-refractivity contribution < 1.29 is 23.1 Å². The van der Waals surface area contributed by atoms with Crippen LogP contribution in [0.1, 0.15) is 5.56 Å². The number of benzene rings is 2. The maximum absolute atomic E-state index is 12.7. The van der Waals surface area contributed by atoms with Crippen LogP contribution in [0.3, 0.4) is 0 Å². The summed E-state index contributed by atoms with van der Waals surface area (Å²) in [5.41, 5.74) is -1.82. The molecule has 0 radical (unpaired) electrons. The lowest BCUT2D eigenvalue weighted by atomic mass is 10.0. The van der Waals surface area contributed by atoms with E-state index in [0.29, 0.717) is 11.1 Å². The molecule has 0 aliphatic rings. The number of hydrogen-bond acceptors (Lipinski definition) is 4. The highest BCUT2D eigenvalue weighted by Gasteiger charge is 2.30. The van der Waals surface area contributed by atoms with Crippen LogP contribution in [0.2, 0.25) is 0 Å². The van der Waals surface area contributed by atoms with Gasteiger partial charge in [-0.1, -0.05) is 35.1 Å². The van der Waals surface area contributed by atoms with E-state index in [1.807, 2.05) is 0 Å². The topological polar surface area (TPSA) is 73.5 Å². The molecule has 1 N–H and O–H groups in total. The predicted molar refractivity (Wildman–Crippen MR) is 90.1 cm³/mol. The summed E-state index contributed by atoms with van der Waals surface area (Å²) in [6, 6.07) is 11.9. The monoisotopic (exact) mass is 378 g/mol. The van der Waals surface area contributed by atoms with E-state index in [9.17, 15) is 28.0 Å². The van der Waals surface area contributed by atoms with E-state index < -0.39 is 23.0 Å². The van der Waals surface area contributed by atoms with Gasteiger partial charge in [0.2, 0.25) is 5.88 Å². The number of halogens is 3. The van der Waals surface area contributed by atoms with Crippen molar-refractivity contribution in [2.24, 2.45) is 7.05 Å². The average Bonchev–Trinajstić information content (AvgIpc) is 2.64. The van der Waals surface area contributed by atoms with Gasteiger partial charge in [0.25, 0.3) is 5.56 Å². The molecule has 0 bridgehead atoms. The third kappa shape index (κ3) is 3.57. The molecule has 0 spiro atoms. The van der Waals surface area contributed by atoms with Crippen molar-refractivity contribution in [3.63, 3.8) is 0 Å². The van der Waals surface area contributed by atoms with Crippen LogP contribution in [0.15, 0.2) is 64.2 Å². The summed E-state index contributed by atoms with van der Waals surface area (Å²) in [5.74, 6) is 0.0945. The van der Waals surface area contributed by atoms with Gasteiger partial charge in [-0.25, -0.2) is 4.79 Å². The number of ether oxygens (including phenoxy) is 1. The van der Waals surface area contributed by atoms with Gasteiger partial charge in [0.15, 0.2) is 0 Å². The largest absolute Gasteiger partial charge is 0.440 e. The van der Waals surface area contributed by atoms with Gasteiger partial charge in [-0.15, -0.1) is 0 Å². The van der Waals surface area contributed by atoms with Gasteiger partial charge in [0, 0.05) is 12.6 Å². The fourth-order valence-corrected chi connectivity index (χ4v) is 2.44. The van der Waals surface area contributed by atoms with Crippen LogP contribution in [0.25, 0.3) is 11.1 Å². The maximum Gasteiger partial charge on any atom is 0.416 e. The lowest BCUT2D eigenvalue weighted by molar-refractivity contribution is -0.137. The number of alkyl halides is 3. The highest BCUT2D eigenvalue weighted by molar-refractivity contribution is 5.71. The Hall–Kier alpha value is -3.49. The third-order valence-corrected chi connectivity index (χ3v) is 3.88. The van der Waals surface area contributed by atoms with Gasteiger partial charge < -0.3 is 9.94 Å². The minimum atomic E-state index is -4.44. The predicted octanol–water partition coefficient (Wildman–Crippen LogP) is 3.26. The molecular formula is C18H13F3N2O4. The smallest absolute Gasteiger partial charge is 0.416 e. The van der Waals surface area contributed by atoms with Crippen LogP contribution in [-0.2, 0) is 13.2 Å². The Bertz CT molecular complexity index is 1100. The molecule has 6 nitrogen and oxygen atoms in total. The quantitative estimate of drug-likeness (QED) is 0.710. The van der Waals surface area contributed by atoms with E-state index in [-0.39, 0.29) is 16.4 Å².